The van der Waals surface area contributed by atoms with Gasteiger partial charge in [0.2, 0.25) is 0 Å². The third-order valence-electron chi connectivity index (χ3n) is 19.8. The maximum atomic E-state index is 5.33. The molecule has 7 heteroatoms. The second kappa shape index (κ2) is 18.6. The number of anilines is 12. The number of hydrogen-bond donors (Lipinski definition) is 0. The maximum absolute atomic E-state index is 5.33. The lowest BCUT2D eigenvalue weighted by Gasteiger charge is -2.49. The summed E-state index contributed by atoms with van der Waals surface area (Å²) in [5, 5.41) is 3.35. The lowest BCUT2D eigenvalue weighted by atomic mass is 9.66. The van der Waals surface area contributed by atoms with Gasteiger partial charge in [0.1, 0.15) is 17.5 Å². The van der Waals surface area contributed by atoms with Crippen molar-refractivity contribution in [3.05, 3.63) is 281 Å². The number of pyridine rings is 3. The zero-order valence-electron chi connectivity index (χ0n) is 50.3. The van der Waals surface area contributed by atoms with E-state index >= 15 is 0 Å². The van der Waals surface area contributed by atoms with Crippen LogP contribution in [0, 0.1) is 0 Å². The van der Waals surface area contributed by atoms with Gasteiger partial charge in [0.05, 0.1) is 45.3 Å². The van der Waals surface area contributed by atoms with Gasteiger partial charge in [-0.1, -0.05) is 184 Å². The summed E-state index contributed by atoms with van der Waals surface area (Å²) in [6.45, 7) is 21.4. The van der Waals surface area contributed by atoms with Crippen LogP contribution in [-0.4, -0.2) is 15.0 Å². The molecule has 9 aromatic carbocycles. The van der Waals surface area contributed by atoms with Crippen LogP contribution in [0.4, 0.5) is 68.6 Å². The third-order valence-corrected chi connectivity index (χ3v) is 19.8. The first-order chi connectivity index (χ1) is 41.6. The Balaban J connectivity index is 0.848. The minimum atomic E-state index is -0.340. The molecule has 0 amide bonds. The van der Waals surface area contributed by atoms with Crippen molar-refractivity contribution in [2.45, 2.75) is 90.4 Å². The summed E-state index contributed by atoms with van der Waals surface area (Å²) in [5.74, 6) is 2.53. The number of aromatic nitrogens is 3. The number of hydrogen-bond acceptors (Lipinski definition) is 7. The Labute approximate surface area is 504 Å². The molecular formula is C79H67N7. The normalized spacial score (nSPS) is 15.6. The highest BCUT2D eigenvalue weighted by molar-refractivity contribution is 6.00. The zero-order chi connectivity index (χ0) is 58.6. The van der Waals surface area contributed by atoms with E-state index in [0.717, 1.165) is 68.2 Å². The van der Waals surface area contributed by atoms with Crippen LogP contribution >= 0.6 is 0 Å². The van der Waals surface area contributed by atoms with Crippen LogP contribution < -0.4 is 19.6 Å². The van der Waals surface area contributed by atoms with Gasteiger partial charge in [0.15, 0.2) is 0 Å². The van der Waals surface area contributed by atoms with Crippen molar-refractivity contribution < 1.29 is 0 Å². The molecule has 4 aliphatic heterocycles. The van der Waals surface area contributed by atoms with Gasteiger partial charge in [0.25, 0.3) is 0 Å². The van der Waals surface area contributed by atoms with Crippen LogP contribution in [0.3, 0.4) is 0 Å². The highest BCUT2D eigenvalue weighted by Gasteiger charge is 2.48. The van der Waals surface area contributed by atoms with Gasteiger partial charge >= 0.3 is 0 Å². The molecule has 0 saturated heterocycles. The summed E-state index contributed by atoms with van der Waals surface area (Å²) in [7, 11) is 0. The fourth-order valence-corrected chi connectivity index (χ4v) is 15.2. The number of nitrogens with zero attached hydrogens (tertiary/aromatic N) is 7. The minimum Gasteiger partial charge on any atom is -0.309 e. The summed E-state index contributed by atoms with van der Waals surface area (Å²) in [4.78, 5) is 25.2. The van der Waals surface area contributed by atoms with E-state index in [1.54, 1.807) is 0 Å². The number of fused-ring (bicyclic) bond motifs is 10. The first-order valence-electron chi connectivity index (χ1n) is 30.4. The monoisotopic (exact) mass is 1110 g/mol. The van der Waals surface area contributed by atoms with Crippen molar-refractivity contribution >= 4 is 90.3 Å². The van der Waals surface area contributed by atoms with E-state index in [-0.39, 0.29) is 21.7 Å². The Morgan fingerprint density at radius 1 is 0.372 bits per heavy atom. The molecule has 0 atom stereocenters. The molecule has 0 bridgehead atoms. The van der Waals surface area contributed by atoms with Gasteiger partial charge in [0, 0.05) is 56.2 Å². The molecule has 0 N–H and O–H groups in total. The molecule has 16 rings (SSSR count). The molecule has 418 valence electrons. The van der Waals surface area contributed by atoms with E-state index in [0.29, 0.717) is 0 Å². The van der Waals surface area contributed by atoms with Crippen LogP contribution in [-0.2, 0) is 28.1 Å². The van der Waals surface area contributed by atoms with E-state index in [2.05, 4.69) is 288 Å². The lowest BCUT2D eigenvalue weighted by Crippen LogP contribution is -2.38. The molecular weight excluding hydrogens is 1050 g/mol. The smallest absolute Gasteiger partial charge is 0.145 e. The van der Waals surface area contributed by atoms with E-state index in [9.17, 15) is 0 Å². The summed E-state index contributed by atoms with van der Waals surface area (Å²) < 4.78 is 0. The van der Waals surface area contributed by atoms with Gasteiger partial charge in [-0.3, -0.25) is 9.80 Å². The molecule has 0 fully saturated rings. The van der Waals surface area contributed by atoms with E-state index in [1.165, 1.54) is 89.8 Å². The van der Waals surface area contributed by atoms with Gasteiger partial charge in [-0.15, -0.1) is 0 Å². The van der Waals surface area contributed by atoms with Crippen LogP contribution in [0.1, 0.15) is 112 Å². The van der Waals surface area contributed by atoms with E-state index in [4.69, 9.17) is 15.0 Å². The Kier molecular flexibility index (Phi) is 11.2. The van der Waals surface area contributed by atoms with Crippen molar-refractivity contribution in [3.8, 4) is 11.1 Å². The van der Waals surface area contributed by atoms with Crippen LogP contribution in [0.25, 0.3) is 32.8 Å². The average Bonchev–Trinajstić information content (AvgIpc) is 0.801. The van der Waals surface area contributed by atoms with Gasteiger partial charge in [-0.25, -0.2) is 15.0 Å². The molecule has 7 nitrogen and oxygen atoms in total. The number of rotatable bonds is 8. The lowest BCUT2D eigenvalue weighted by molar-refractivity contribution is 0.597. The first kappa shape index (κ1) is 51.8. The molecule has 0 unspecified atom stereocenters. The largest absolute Gasteiger partial charge is 0.309 e. The average molecular weight is 1110 g/mol. The predicted molar refractivity (Wildman–Crippen MR) is 357 cm³/mol. The van der Waals surface area contributed by atoms with Crippen molar-refractivity contribution in [1.82, 2.24) is 15.0 Å². The SMILES string of the molecule is CCc1ccc(-c2ccc3c(c2)C(C)(C)c2cccc4c2N3c2ccc(N(c3ccccn3)c3ccc5ccccc5n3)cc2C4(C)C)cc1N(c1ccc2c(c1)C(C)(C)c1cccc3c1N2c1ccccc1C3(C)C)c1nccc2ccccc12. The minimum absolute atomic E-state index is 0.158. The highest BCUT2D eigenvalue weighted by Crippen LogP contribution is 2.63. The fourth-order valence-electron chi connectivity index (χ4n) is 15.2. The summed E-state index contributed by atoms with van der Waals surface area (Å²) in [6, 6.07) is 80.9. The molecule has 86 heavy (non-hydrogen) atoms. The molecule has 3 aromatic heterocycles. The Hall–Kier alpha value is -9.85. The van der Waals surface area contributed by atoms with E-state index in [1.807, 2.05) is 24.5 Å². The number of aryl methyl sites for hydroxylation is 1. The van der Waals surface area contributed by atoms with Crippen molar-refractivity contribution in [2.75, 3.05) is 19.6 Å². The van der Waals surface area contributed by atoms with E-state index < -0.39 is 0 Å². The fraction of sp³-hybridized carbons (Fsp3) is 0.177. The first-order valence-corrected chi connectivity index (χ1v) is 30.4. The van der Waals surface area contributed by atoms with Crippen LogP contribution in [0.2, 0.25) is 0 Å². The van der Waals surface area contributed by atoms with Crippen molar-refractivity contribution in [2.24, 2.45) is 0 Å². The summed E-state index contributed by atoms with van der Waals surface area (Å²) >= 11 is 0. The summed E-state index contributed by atoms with van der Waals surface area (Å²) in [6.07, 6.45) is 4.67. The second-order valence-electron chi connectivity index (χ2n) is 26.0. The van der Waals surface area contributed by atoms with Crippen LogP contribution in [0.5, 0.6) is 0 Å². The van der Waals surface area contributed by atoms with Gasteiger partial charge in [-0.2, -0.15) is 0 Å². The molecule has 4 aliphatic rings. The second-order valence-corrected chi connectivity index (χ2v) is 26.0. The predicted octanol–water partition coefficient (Wildman–Crippen LogP) is 20.8. The summed E-state index contributed by atoms with van der Waals surface area (Å²) in [5.41, 5.74) is 24.4. The van der Waals surface area contributed by atoms with Crippen molar-refractivity contribution in [3.63, 3.8) is 0 Å². The topological polar surface area (TPSA) is 51.6 Å². The Bertz CT molecular complexity index is 4800. The zero-order valence-corrected chi connectivity index (χ0v) is 50.3. The molecule has 0 radical (unpaired) electrons. The quantitative estimate of drug-likeness (QED) is 0.150. The number of para-hydroxylation sites is 4. The Morgan fingerprint density at radius 2 is 0.895 bits per heavy atom. The van der Waals surface area contributed by atoms with Crippen molar-refractivity contribution in [1.29, 1.82) is 0 Å². The number of benzene rings is 9. The van der Waals surface area contributed by atoms with Gasteiger partial charge < -0.3 is 9.80 Å². The maximum Gasteiger partial charge on any atom is 0.145 e. The Morgan fingerprint density at radius 3 is 1.55 bits per heavy atom. The molecule has 0 spiro atoms. The highest BCUT2D eigenvalue weighted by atomic mass is 15.2. The molecule has 0 aliphatic carbocycles. The standard InChI is InChI=1S/C79H67N7/c1-10-49-32-33-53(46-70(49)83(75-56-23-13-11-21-50(56)42-44-81-75)54-36-39-68-63(47-54)78(6,7)60-27-19-25-58-73(60)85(68)66-30-16-14-24-57(66)76(58,2)3)52-34-38-67-62(45-52)77(4,5)59-26-20-28-61-74(59)86(67)69-40-37-55(48-64(69)79(61,8)9)84(71-31-17-18-43-80-71)72-41-35-51-22-12-15-29-65(51)82-72/h11-48H,10H2,1-9H3. The molecule has 0 saturated carbocycles. The third kappa shape index (κ3) is 7.36. The molecule has 7 heterocycles. The van der Waals surface area contributed by atoms with Crippen LogP contribution in [0.15, 0.2) is 231 Å². The van der Waals surface area contributed by atoms with Gasteiger partial charge in [-0.05, 0) is 170 Å². The molecule has 12 aromatic rings.